The molecule has 2 fully saturated rings. The zero-order chi connectivity index (χ0) is 13.6. The van der Waals surface area contributed by atoms with Gasteiger partial charge in [-0.3, -0.25) is 4.99 Å². The monoisotopic (exact) mass is 409 g/mol. The fourth-order valence-electron chi connectivity index (χ4n) is 3.01. The zero-order valence-corrected chi connectivity index (χ0v) is 15.7. The summed E-state index contributed by atoms with van der Waals surface area (Å²) in [6.45, 7) is 10.2. The summed E-state index contributed by atoms with van der Waals surface area (Å²) in [5, 5.41) is 3.45. The maximum absolute atomic E-state index is 4.77. The first-order chi connectivity index (χ1) is 9.29. The third kappa shape index (κ3) is 4.83. The Balaban J connectivity index is 0.00000200. The van der Waals surface area contributed by atoms with Gasteiger partial charge in [-0.2, -0.15) is 11.8 Å². The highest BCUT2D eigenvalue weighted by Gasteiger charge is 2.43. The molecule has 1 saturated heterocycles. The molecule has 0 unspecified atom stereocenters. The molecule has 1 N–H and O–H groups in total. The highest BCUT2D eigenvalue weighted by Crippen LogP contribution is 2.47. The minimum atomic E-state index is 0. The first-order valence-electron chi connectivity index (χ1n) is 7.51. The molecule has 0 radical (unpaired) electrons. The van der Waals surface area contributed by atoms with Crippen LogP contribution in [-0.4, -0.2) is 48.5 Å². The number of hydrogen-bond donors (Lipinski definition) is 1. The standard InChI is InChI=1S/C15H27N3S.HI/c1-3-11-19-12-9-17-14(16-4-2)18-10-8-15(13-18)6-5-7-15;/h3H,1,4-13H2,2H3,(H,16,17);1H. The third-order valence-electron chi connectivity index (χ3n) is 4.22. The van der Waals surface area contributed by atoms with Crippen LogP contribution in [0.1, 0.15) is 32.6 Å². The van der Waals surface area contributed by atoms with Gasteiger partial charge in [0.15, 0.2) is 5.96 Å². The van der Waals surface area contributed by atoms with Crippen molar-refractivity contribution in [1.82, 2.24) is 10.2 Å². The van der Waals surface area contributed by atoms with E-state index in [2.05, 4.69) is 23.7 Å². The second kappa shape index (κ2) is 9.18. The lowest BCUT2D eigenvalue weighted by Gasteiger charge is -2.38. The van der Waals surface area contributed by atoms with E-state index < -0.39 is 0 Å². The van der Waals surface area contributed by atoms with Gasteiger partial charge in [-0.25, -0.2) is 0 Å². The second-order valence-electron chi connectivity index (χ2n) is 5.62. The lowest BCUT2D eigenvalue weighted by Crippen LogP contribution is -2.42. The maximum atomic E-state index is 4.77. The Morgan fingerprint density at radius 2 is 2.25 bits per heavy atom. The Hall–Kier alpha value is 0.0900. The molecule has 1 heterocycles. The number of halogens is 1. The van der Waals surface area contributed by atoms with Crippen molar-refractivity contribution >= 4 is 41.7 Å². The average molecular weight is 409 g/mol. The van der Waals surface area contributed by atoms with E-state index in [9.17, 15) is 0 Å². The van der Waals surface area contributed by atoms with Crippen LogP contribution < -0.4 is 5.32 Å². The summed E-state index contributed by atoms with van der Waals surface area (Å²) in [5.74, 6) is 3.24. The normalized spacial score (nSPS) is 20.4. The molecular formula is C15H28IN3S. The van der Waals surface area contributed by atoms with Gasteiger partial charge in [0.25, 0.3) is 0 Å². The maximum Gasteiger partial charge on any atom is 0.193 e. The SMILES string of the molecule is C=CCSCCN=C(NCC)N1CCC2(CCC2)C1.I. The van der Waals surface area contributed by atoms with E-state index in [1.165, 1.54) is 38.8 Å². The van der Waals surface area contributed by atoms with E-state index in [4.69, 9.17) is 4.99 Å². The van der Waals surface area contributed by atoms with Crippen LogP contribution in [0.3, 0.4) is 0 Å². The topological polar surface area (TPSA) is 27.6 Å². The highest BCUT2D eigenvalue weighted by molar-refractivity contribution is 14.0. The van der Waals surface area contributed by atoms with Crippen LogP contribution in [0.5, 0.6) is 0 Å². The van der Waals surface area contributed by atoms with Crippen molar-refractivity contribution in [3.8, 4) is 0 Å². The molecule has 0 atom stereocenters. The van der Waals surface area contributed by atoms with Gasteiger partial charge in [-0.1, -0.05) is 12.5 Å². The quantitative estimate of drug-likeness (QED) is 0.240. The molecule has 2 rings (SSSR count). The van der Waals surface area contributed by atoms with Crippen molar-refractivity contribution in [1.29, 1.82) is 0 Å². The van der Waals surface area contributed by atoms with Crippen LogP contribution in [-0.2, 0) is 0 Å². The van der Waals surface area contributed by atoms with E-state index in [0.717, 1.165) is 30.6 Å². The molecule has 0 aromatic carbocycles. The smallest absolute Gasteiger partial charge is 0.193 e. The molecule has 1 aliphatic heterocycles. The molecule has 3 nitrogen and oxygen atoms in total. The van der Waals surface area contributed by atoms with Gasteiger partial charge in [0, 0.05) is 31.1 Å². The molecule has 116 valence electrons. The summed E-state index contributed by atoms with van der Waals surface area (Å²) >= 11 is 1.90. The van der Waals surface area contributed by atoms with Crippen molar-refractivity contribution < 1.29 is 0 Å². The zero-order valence-electron chi connectivity index (χ0n) is 12.6. The summed E-state index contributed by atoms with van der Waals surface area (Å²) in [5.41, 5.74) is 0.647. The van der Waals surface area contributed by atoms with E-state index in [1.54, 1.807) is 0 Å². The van der Waals surface area contributed by atoms with Crippen molar-refractivity contribution in [3.63, 3.8) is 0 Å². The molecular weight excluding hydrogens is 381 g/mol. The second-order valence-corrected chi connectivity index (χ2v) is 6.77. The van der Waals surface area contributed by atoms with Gasteiger partial charge in [0.05, 0.1) is 6.54 Å². The van der Waals surface area contributed by atoms with E-state index in [1.807, 2.05) is 17.8 Å². The van der Waals surface area contributed by atoms with Crippen LogP contribution in [0, 0.1) is 5.41 Å². The minimum absolute atomic E-state index is 0. The molecule has 2 aliphatic rings. The predicted octanol–water partition coefficient (Wildman–Crippen LogP) is 3.37. The molecule has 0 aromatic heterocycles. The predicted molar refractivity (Wildman–Crippen MR) is 101 cm³/mol. The molecule has 0 amide bonds. The Bertz CT molecular complexity index is 329. The van der Waals surface area contributed by atoms with E-state index >= 15 is 0 Å². The molecule has 5 heteroatoms. The molecule has 1 saturated carbocycles. The summed E-state index contributed by atoms with van der Waals surface area (Å²) < 4.78 is 0. The van der Waals surface area contributed by atoms with E-state index in [-0.39, 0.29) is 24.0 Å². The average Bonchev–Trinajstić information content (AvgIpc) is 2.82. The van der Waals surface area contributed by atoms with Crippen LogP contribution in [0.4, 0.5) is 0 Å². The Morgan fingerprint density at radius 1 is 1.45 bits per heavy atom. The van der Waals surface area contributed by atoms with Crippen molar-refractivity contribution in [2.45, 2.75) is 32.6 Å². The van der Waals surface area contributed by atoms with Gasteiger partial charge < -0.3 is 10.2 Å². The van der Waals surface area contributed by atoms with Crippen LogP contribution >= 0.6 is 35.7 Å². The van der Waals surface area contributed by atoms with Gasteiger partial charge >= 0.3 is 0 Å². The highest BCUT2D eigenvalue weighted by atomic mass is 127. The fraction of sp³-hybridized carbons (Fsp3) is 0.800. The van der Waals surface area contributed by atoms with Crippen molar-refractivity contribution in [2.75, 3.05) is 37.7 Å². The molecule has 20 heavy (non-hydrogen) atoms. The number of nitrogens with zero attached hydrogens (tertiary/aromatic N) is 2. The van der Waals surface area contributed by atoms with Gasteiger partial charge in [0.1, 0.15) is 0 Å². The first-order valence-corrected chi connectivity index (χ1v) is 8.67. The molecule has 0 aromatic rings. The minimum Gasteiger partial charge on any atom is -0.357 e. The molecule has 1 spiro atoms. The number of guanidine groups is 1. The molecule has 1 aliphatic carbocycles. The number of likely N-dealkylation sites (tertiary alicyclic amines) is 1. The fourth-order valence-corrected chi connectivity index (χ4v) is 3.56. The van der Waals surface area contributed by atoms with Gasteiger partial charge in [0.2, 0.25) is 0 Å². The lowest BCUT2D eigenvalue weighted by molar-refractivity contribution is 0.151. The summed E-state index contributed by atoms with van der Waals surface area (Å²) in [6, 6.07) is 0. The Labute approximate surface area is 145 Å². The van der Waals surface area contributed by atoms with Crippen molar-refractivity contribution in [3.05, 3.63) is 12.7 Å². The number of rotatable bonds is 6. The molecule has 0 bridgehead atoms. The van der Waals surface area contributed by atoms with E-state index in [0.29, 0.717) is 5.41 Å². The summed E-state index contributed by atoms with van der Waals surface area (Å²) in [6.07, 6.45) is 7.61. The van der Waals surface area contributed by atoms with Crippen LogP contribution in [0.15, 0.2) is 17.6 Å². The lowest BCUT2D eigenvalue weighted by atomic mass is 9.68. The van der Waals surface area contributed by atoms with Gasteiger partial charge in [-0.15, -0.1) is 30.6 Å². The summed E-state index contributed by atoms with van der Waals surface area (Å²) in [7, 11) is 0. The number of nitrogens with one attached hydrogen (secondary N) is 1. The van der Waals surface area contributed by atoms with Crippen LogP contribution in [0.2, 0.25) is 0 Å². The Morgan fingerprint density at radius 3 is 2.80 bits per heavy atom. The van der Waals surface area contributed by atoms with Gasteiger partial charge in [-0.05, 0) is 31.6 Å². The third-order valence-corrected chi connectivity index (χ3v) is 5.16. The Kier molecular flexibility index (Phi) is 8.32. The number of aliphatic imine (C=N–C) groups is 1. The number of hydrogen-bond acceptors (Lipinski definition) is 2. The first kappa shape index (κ1) is 18.1. The summed E-state index contributed by atoms with van der Waals surface area (Å²) in [4.78, 5) is 7.24. The number of thioether (sulfide) groups is 1. The van der Waals surface area contributed by atoms with Crippen LogP contribution in [0.25, 0.3) is 0 Å². The largest absolute Gasteiger partial charge is 0.357 e. The van der Waals surface area contributed by atoms with Crippen molar-refractivity contribution in [2.24, 2.45) is 10.4 Å².